The second-order valence-electron chi connectivity index (χ2n) is 8.26. The summed E-state index contributed by atoms with van der Waals surface area (Å²) in [6.45, 7) is 0. The van der Waals surface area contributed by atoms with E-state index in [0.29, 0.717) is 37.8 Å². The molecule has 4 atom stereocenters. The van der Waals surface area contributed by atoms with Gasteiger partial charge in [0.15, 0.2) is 27.3 Å². The van der Waals surface area contributed by atoms with Crippen LogP contribution >= 0.6 is 11.6 Å². The smallest absolute Gasteiger partial charge is 0.255 e. The Morgan fingerprint density at radius 1 is 1.06 bits per heavy atom. The molecule has 2 aromatic carbocycles. The minimum Gasteiger partial charge on any atom is -0.322 e. The van der Waals surface area contributed by atoms with Crippen LogP contribution in [0.5, 0.6) is 0 Å². The van der Waals surface area contributed by atoms with Gasteiger partial charge >= 0.3 is 0 Å². The monoisotopic (exact) mass is 482 g/mol. The van der Waals surface area contributed by atoms with Crippen LogP contribution in [0.3, 0.4) is 0 Å². The van der Waals surface area contributed by atoms with Crippen LogP contribution in [0, 0.1) is 46.5 Å². The van der Waals surface area contributed by atoms with Crippen molar-refractivity contribution in [2.75, 3.05) is 5.32 Å². The number of carbonyl (C=O) groups excluding carboxylic acids is 1. The molecule has 0 heterocycles. The average molecular weight is 483 g/mol. The maximum atomic E-state index is 13.5. The predicted octanol–water partition coefficient (Wildman–Crippen LogP) is 5.11. The topological polar surface area (TPSA) is 87.0 Å². The van der Waals surface area contributed by atoms with Crippen molar-refractivity contribution in [1.82, 2.24) is 0 Å². The average Bonchev–Trinajstić information content (AvgIpc) is 3.03. The fraction of sp³-hybridized carbons (Fsp3) is 0.364. The molecule has 0 spiro atoms. The number of hydrogen-bond acceptors (Lipinski definition) is 4. The number of nitrogens with zero attached hydrogens (tertiary/aromatic N) is 1. The molecule has 32 heavy (non-hydrogen) atoms. The van der Waals surface area contributed by atoms with Gasteiger partial charge in [-0.3, -0.25) is 4.79 Å². The Bertz CT molecular complexity index is 1210. The molecule has 3 unspecified atom stereocenters. The van der Waals surface area contributed by atoms with E-state index in [9.17, 15) is 31.6 Å². The Labute approximate surface area is 188 Å². The lowest BCUT2D eigenvalue weighted by molar-refractivity contribution is 0.102. The standard InChI is InChI=1S/C22H18ClF3N2O3S/c23-16-4-3-14(22(29)28-15-8-17(24)20(26)18(25)9-15)7-19(16)32(30,31)21-12-1-2-13(21)6-11(5-12)10-27/h3-4,7-9,11-13,21H,1-2,5-6H2,(H,28,29)/t11?,12-,13?,21?/m1/s1. The molecule has 168 valence electrons. The molecule has 4 rings (SSSR count). The van der Waals surface area contributed by atoms with Crippen molar-refractivity contribution in [2.24, 2.45) is 17.8 Å². The third kappa shape index (κ3) is 3.97. The summed E-state index contributed by atoms with van der Waals surface area (Å²) in [6.07, 6.45) is 2.45. The number of hydrogen-bond donors (Lipinski definition) is 1. The summed E-state index contributed by atoms with van der Waals surface area (Å²) < 4.78 is 66.9. The highest BCUT2D eigenvalue weighted by Crippen LogP contribution is 2.50. The van der Waals surface area contributed by atoms with Crippen LogP contribution in [0.1, 0.15) is 36.0 Å². The molecule has 0 aliphatic heterocycles. The minimum absolute atomic E-state index is 0.0396. The van der Waals surface area contributed by atoms with Crippen molar-refractivity contribution in [1.29, 1.82) is 5.26 Å². The Morgan fingerprint density at radius 2 is 1.66 bits per heavy atom. The Kier molecular flexibility index (Phi) is 5.94. The molecule has 10 heteroatoms. The van der Waals surface area contributed by atoms with Crippen LogP contribution in [-0.4, -0.2) is 19.6 Å². The molecule has 2 bridgehead atoms. The van der Waals surface area contributed by atoms with Crippen LogP contribution in [0.15, 0.2) is 35.2 Å². The van der Waals surface area contributed by atoms with E-state index in [2.05, 4.69) is 11.4 Å². The van der Waals surface area contributed by atoms with Crippen LogP contribution in [0.2, 0.25) is 5.02 Å². The molecule has 2 fully saturated rings. The summed E-state index contributed by atoms with van der Waals surface area (Å²) >= 11 is 6.19. The van der Waals surface area contributed by atoms with Gasteiger partial charge in [-0.1, -0.05) is 11.6 Å². The first-order valence-electron chi connectivity index (χ1n) is 10.0. The molecule has 0 radical (unpaired) electrons. The molecule has 0 saturated heterocycles. The zero-order valence-electron chi connectivity index (χ0n) is 16.6. The SMILES string of the molecule is N#CC1CC2CC[C@H](C1)C2S(=O)(=O)c1cc(C(=O)Nc2cc(F)c(F)c(F)c2)ccc1Cl. The normalized spacial score (nSPS) is 24.7. The van der Waals surface area contributed by atoms with Crippen molar-refractivity contribution < 1.29 is 26.4 Å². The van der Waals surface area contributed by atoms with Crippen molar-refractivity contribution >= 4 is 33.0 Å². The maximum Gasteiger partial charge on any atom is 0.255 e. The first kappa shape index (κ1) is 22.6. The van der Waals surface area contributed by atoms with E-state index in [0.717, 1.165) is 6.07 Å². The highest BCUT2D eigenvalue weighted by Gasteiger charge is 2.50. The van der Waals surface area contributed by atoms with Gasteiger partial charge < -0.3 is 5.32 Å². The Hall–Kier alpha value is -2.57. The van der Waals surface area contributed by atoms with Crippen LogP contribution in [-0.2, 0) is 9.84 Å². The molecule has 0 aromatic heterocycles. The molecule has 2 aliphatic rings. The number of fused-ring (bicyclic) bond motifs is 2. The first-order valence-corrected chi connectivity index (χ1v) is 11.9. The Morgan fingerprint density at radius 3 is 2.22 bits per heavy atom. The van der Waals surface area contributed by atoms with E-state index in [4.69, 9.17) is 11.6 Å². The fourth-order valence-corrected chi connectivity index (χ4v) is 7.80. The van der Waals surface area contributed by atoms with Gasteiger partial charge in [0.1, 0.15) is 0 Å². The summed E-state index contributed by atoms with van der Waals surface area (Å²) in [5, 5.41) is 10.8. The lowest BCUT2D eigenvalue weighted by atomic mass is 9.81. The highest BCUT2D eigenvalue weighted by molar-refractivity contribution is 7.92. The molecule has 2 saturated carbocycles. The maximum absolute atomic E-state index is 13.5. The van der Waals surface area contributed by atoms with Crippen molar-refractivity contribution in [3.63, 3.8) is 0 Å². The number of anilines is 1. The largest absolute Gasteiger partial charge is 0.322 e. The second-order valence-corrected chi connectivity index (χ2v) is 10.7. The van der Waals surface area contributed by atoms with Crippen molar-refractivity contribution in [3.8, 4) is 6.07 Å². The highest BCUT2D eigenvalue weighted by atomic mass is 35.5. The number of halogens is 4. The lowest BCUT2D eigenvalue weighted by Gasteiger charge is -2.32. The van der Waals surface area contributed by atoms with Gasteiger partial charge in [0.05, 0.1) is 21.2 Å². The molecular weight excluding hydrogens is 465 g/mol. The van der Waals surface area contributed by atoms with E-state index in [1.54, 1.807) is 0 Å². The van der Waals surface area contributed by atoms with Gasteiger partial charge in [0, 0.05) is 29.3 Å². The van der Waals surface area contributed by atoms with E-state index < -0.39 is 38.4 Å². The van der Waals surface area contributed by atoms with Gasteiger partial charge in [-0.15, -0.1) is 0 Å². The van der Waals surface area contributed by atoms with Gasteiger partial charge in [-0.25, -0.2) is 21.6 Å². The number of nitriles is 1. The fourth-order valence-electron chi connectivity index (χ4n) is 4.92. The zero-order chi connectivity index (χ0) is 23.2. The number of sulfone groups is 1. The lowest BCUT2D eigenvalue weighted by Crippen LogP contribution is -2.37. The molecule has 2 aliphatic carbocycles. The van der Waals surface area contributed by atoms with Crippen LogP contribution < -0.4 is 5.32 Å². The predicted molar refractivity (Wildman–Crippen MR) is 111 cm³/mol. The Balaban J connectivity index is 1.63. The van der Waals surface area contributed by atoms with Crippen molar-refractivity contribution in [2.45, 2.75) is 35.8 Å². The molecule has 1 N–H and O–H groups in total. The summed E-state index contributed by atoms with van der Waals surface area (Å²) in [4.78, 5) is 12.4. The third-order valence-corrected chi connectivity index (χ3v) is 9.17. The molecular formula is C22H18ClF3N2O3S. The summed E-state index contributed by atoms with van der Waals surface area (Å²) in [6, 6.07) is 7.18. The number of rotatable bonds is 4. The van der Waals surface area contributed by atoms with Gasteiger partial charge in [-0.2, -0.15) is 5.26 Å². The van der Waals surface area contributed by atoms with E-state index in [-0.39, 0.29) is 38.9 Å². The molecule has 2 aromatic rings. The summed E-state index contributed by atoms with van der Waals surface area (Å²) in [5.74, 6) is -5.90. The number of nitrogens with one attached hydrogen (secondary N) is 1. The number of amides is 1. The summed E-state index contributed by atoms with van der Waals surface area (Å²) in [5.41, 5.74) is -0.408. The van der Waals surface area contributed by atoms with Crippen LogP contribution in [0.25, 0.3) is 0 Å². The summed E-state index contributed by atoms with van der Waals surface area (Å²) in [7, 11) is -3.90. The van der Waals surface area contributed by atoms with E-state index >= 15 is 0 Å². The zero-order valence-corrected chi connectivity index (χ0v) is 18.2. The van der Waals surface area contributed by atoms with Crippen LogP contribution in [0.4, 0.5) is 18.9 Å². The number of benzene rings is 2. The van der Waals surface area contributed by atoms with E-state index in [1.165, 1.54) is 12.1 Å². The first-order chi connectivity index (χ1) is 15.1. The van der Waals surface area contributed by atoms with Crippen molar-refractivity contribution in [3.05, 3.63) is 58.4 Å². The van der Waals surface area contributed by atoms with Gasteiger partial charge in [-0.05, 0) is 55.7 Å². The van der Waals surface area contributed by atoms with Gasteiger partial charge in [0.25, 0.3) is 5.91 Å². The second kappa shape index (κ2) is 8.41. The van der Waals surface area contributed by atoms with E-state index in [1.807, 2.05) is 0 Å². The quantitative estimate of drug-likeness (QED) is 0.613. The minimum atomic E-state index is -3.90. The van der Waals surface area contributed by atoms with Gasteiger partial charge in [0.2, 0.25) is 0 Å². The molecule has 5 nitrogen and oxygen atoms in total. The molecule has 1 amide bonds. The third-order valence-electron chi connectivity index (χ3n) is 6.29. The number of carbonyl (C=O) groups is 1.